The molecule has 3 rings (SSSR count). The second kappa shape index (κ2) is 6.54. The summed E-state index contributed by atoms with van der Waals surface area (Å²) in [6.45, 7) is 6.11. The molecule has 5 heteroatoms. The molecule has 2 heterocycles. The molecule has 0 aliphatic carbocycles. The first-order valence-corrected chi connectivity index (χ1v) is 8.09. The van der Waals surface area contributed by atoms with Crippen LogP contribution in [0.4, 0.5) is 4.39 Å². The Hall–Kier alpha value is -2.14. The lowest BCUT2D eigenvalue weighted by atomic mass is 10.00. The van der Waals surface area contributed by atoms with E-state index in [9.17, 15) is 9.18 Å². The van der Waals surface area contributed by atoms with Crippen LogP contribution in [0.2, 0.25) is 0 Å². The van der Waals surface area contributed by atoms with Gasteiger partial charge < -0.3 is 14.8 Å². The van der Waals surface area contributed by atoms with Crippen molar-refractivity contribution in [2.75, 3.05) is 13.1 Å². The maximum absolute atomic E-state index is 13.3. The summed E-state index contributed by atoms with van der Waals surface area (Å²) in [5.74, 6) is -0.179. The van der Waals surface area contributed by atoms with Crippen molar-refractivity contribution in [3.63, 3.8) is 0 Å². The Morgan fingerprint density at radius 1 is 1.35 bits per heavy atom. The van der Waals surface area contributed by atoms with Gasteiger partial charge in [0.2, 0.25) is 0 Å². The third kappa shape index (κ3) is 3.45. The van der Waals surface area contributed by atoms with Crippen molar-refractivity contribution in [1.82, 2.24) is 9.88 Å². The van der Waals surface area contributed by atoms with E-state index in [1.165, 1.54) is 22.7 Å². The van der Waals surface area contributed by atoms with Crippen LogP contribution in [0.15, 0.2) is 42.6 Å². The Morgan fingerprint density at radius 2 is 2.09 bits per heavy atom. The van der Waals surface area contributed by atoms with Gasteiger partial charge >= 0.3 is 0 Å². The molecule has 122 valence electrons. The molecule has 0 bridgehead atoms. The minimum absolute atomic E-state index is 0.0530. The zero-order valence-electron chi connectivity index (χ0n) is 13.6. The summed E-state index contributed by atoms with van der Waals surface area (Å²) in [5.41, 5.74) is 2.22. The normalized spacial score (nSPS) is 20.3. The first-order valence-electron chi connectivity index (χ1n) is 8.09. The fourth-order valence-corrected chi connectivity index (χ4v) is 3.34. The predicted octanol–water partition coefficient (Wildman–Crippen LogP) is 1.14. The Morgan fingerprint density at radius 3 is 2.78 bits per heavy atom. The van der Waals surface area contributed by atoms with Gasteiger partial charge in [0.25, 0.3) is 5.91 Å². The average Bonchev–Trinajstić information content (AvgIpc) is 2.96. The van der Waals surface area contributed by atoms with Crippen LogP contribution in [0.1, 0.15) is 31.1 Å². The summed E-state index contributed by atoms with van der Waals surface area (Å²) in [4.78, 5) is 13.4. The van der Waals surface area contributed by atoms with Crippen LogP contribution in [0.3, 0.4) is 0 Å². The highest BCUT2D eigenvalue weighted by Crippen LogP contribution is 2.22. The zero-order valence-corrected chi connectivity index (χ0v) is 13.6. The van der Waals surface area contributed by atoms with Crippen LogP contribution in [-0.2, 0) is 11.3 Å². The molecule has 1 aliphatic rings. The standard InChI is InChI=1S/C18H22FN3O/c1-13(2)20-17(23)12-22-11-10-21-9-3-4-16(21)18(22)14-5-7-15(19)8-6-14/h3-9,13,18H,10-12H2,1-2H3,(H,20,23)/p+1/t18-/m1/s1. The van der Waals surface area contributed by atoms with Crippen molar-refractivity contribution in [3.8, 4) is 0 Å². The number of hydrogen-bond acceptors (Lipinski definition) is 1. The summed E-state index contributed by atoms with van der Waals surface area (Å²) in [6, 6.07) is 10.9. The summed E-state index contributed by atoms with van der Waals surface area (Å²) >= 11 is 0. The average molecular weight is 316 g/mol. The van der Waals surface area contributed by atoms with Crippen molar-refractivity contribution in [1.29, 1.82) is 0 Å². The largest absolute Gasteiger partial charge is 0.349 e. The third-order valence-corrected chi connectivity index (χ3v) is 4.28. The van der Waals surface area contributed by atoms with Gasteiger partial charge in [0.15, 0.2) is 12.6 Å². The number of quaternary nitrogens is 1. The molecule has 4 nitrogen and oxygen atoms in total. The predicted molar refractivity (Wildman–Crippen MR) is 86.7 cm³/mol. The molecule has 0 saturated carbocycles. The number of aromatic nitrogens is 1. The highest BCUT2D eigenvalue weighted by molar-refractivity contribution is 5.77. The number of amides is 1. The lowest BCUT2D eigenvalue weighted by Crippen LogP contribution is -3.14. The van der Waals surface area contributed by atoms with Crippen LogP contribution >= 0.6 is 0 Å². The van der Waals surface area contributed by atoms with E-state index < -0.39 is 0 Å². The number of rotatable bonds is 4. The van der Waals surface area contributed by atoms with Gasteiger partial charge in [-0.2, -0.15) is 0 Å². The smallest absolute Gasteiger partial charge is 0.275 e. The van der Waals surface area contributed by atoms with Gasteiger partial charge in [-0.05, 0) is 50.2 Å². The molecule has 0 radical (unpaired) electrons. The summed E-state index contributed by atoms with van der Waals surface area (Å²) in [7, 11) is 0. The number of nitrogens with zero attached hydrogens (tertiary/aromatic N) is 1. The summed E-state index contributed by atoms with van der Waals surface area (Å²) in [5, 5.41) is 2.96. The second-order valence-corrected chi connectivity index (χ2v) is 6.42. The van der Waals surface area contributed by atoms with Gasteiger partial charge in [-0.25, -0.2) is 4.39 Å². The van der Waals surface area contributed by atoms with Gasteiger partial charge in [0.05, 0.1) is 18.8 Å². The van der Waals surface area contributed by atoms with Gasteiger partial charge in [-0.15, -0.1) is 0 Å². The van der Waals surface area contributed by atoms with Crippen molar-refractivity contribution in [2.24, 2.45) is 0 Å². The maximum atomic E-state index is 13.3. The molecule has 0 spiro atoms. The molecule has 1 unspecified atom stereocenters. The van der Waals surface area contributed by atoms with E-state index in [2.05, 4.69) is 22.1 Å². The number of carbonyl (C=O) groups is 1. The van der Waals surface area contributed by atoms with Gasteiger partial charge in [-0.3, -0.25) is 4.79 Å². The fraction of sp³-hybridized carbons (Fsp3) is 0.389. The van der Waals surface area contributed by atoms with Gasteiger partial charge in [-0.1, -0.05) is 0 Å². The first-order chi connectivity index (χ1) is 11.0. The van der Waals surface area contributed by atoms with Crippen molar-refractivity contribution < 1.29 is 14.1 Å². The molecule has 1 amide bonds. The number of benzene rings is 1. The minimum atomic E-state index is -0.237. The van der Waals surface area contributed by atoms with Crippen LogP contribution in [0, 0.1) is 5.82 Å². The van der Waals surface area contributed by atoms with Crippen LogP contribution in [0.25, 0.3) is 0 Å². The number of carbonyl (C=O) groups excluding carboxylic acids is 1. The van der Waals surface area contributed by atoms with E-state index in [-0.39, 0.29) is 23.8 Å². The molecule has 2 atom stereocenters. The SMILES string of the molecule is CC(C)NC(=O)C[NH+]1CCn2cccc2[C@H]1c1ccc(F)cc1. The van der Waals surface area contributed by atoms with E-state index in [0.29, 0.717) is 6.54 Å². The van der Waals surface area contributed by atoms with E-state index in [1.807, 2.05) is 32.0 Å². The molecule has 0 saturated heterocycles. The molecule has 23 heavy (non-hydrogen) atoms. The minimum Gasteiger partial charge on any atom is -0.349 e. The summed E-state index contributed by atoms with van der Waals surface area (Å²) < 4.78 is 15.5. The lowest BCUT2D eigenvalue weighted by molar-refractivity contribution is -0.922. The van der Waals surface area contributed by atoms with Crippen LogP contribution in [-0.4, -0.2) is 29.6 Å². The quantitative estimate of drug-likeness (QED) is 0.872. The van der Waals surface area contributed by atoms with E-state index in [0.717, 1.165) is 18.7 Å². The van der Waals surface area contributed by atoms with Crippen LogP contribution in [0.5, 0.6) is 0 Å². The molecule has 2 N–H and O–H groups in total. The van der Waals surface area contributed by atoms with Gasteiger partial charge in [0.1, 0.15) is 5.82 Å². The number of fused-ring (bicyclic) bond motifs is 1. The van der Waals surface area contributed by atoms with Crippen molar-refractivity contribution >= 4 is 5.91 Å². The fourth-order valence-electron chi connectivity index (χ4n) is 3.34. The first kappa shape index (κ1) is 15.7. The van der Waals surface area contributed by atoms with Crippen LogP contribution < -0.4 is 10.2 Å². The van der Waals surface area contributed by atoms with Crippen molar-refractivity contribution in [3.05, 3.63) is 59.7 Å². The second-order valence-electron chi connectivity index (χ2n) is 6.42. The molecule has 1 aromatic carbocycles. The highest BCUT2D eigenvalue weighted by Gasteiger charge is 2.33. The third-order valence-electron chi connectivity index (χ3n) is 4.28. The molecular weight excluding hydrogens is 293 g/mol. The molecule has 2 aromatic rings. The molecular formula is C18H23FN3O+. The van der Waals surface area contributed by atoms with E-state index in [4.69, 9.17) is 0 Å². The molecule has 0 fully saturated rings. The Labute approximate surface area is 135 Å². The monoisotopic (exact) mass is 316 g/mol. The Balaban J connectivity index is 1.89. The lowest BCUT2D eigenvalue weighted by Gasteiger charge is -2.34. The molecule has 1 aromatic heterocycles. The van der Waals surface area contributed by atoms with Crippen molar-refractivity contribution in [2.45, 2.75) is 32.5 Å². The highest BCUT2D eigenvalue weighted by atomic mass is 19.1. The Kier molecular flexibility index (Phi) is 4.48. The van der Waals surface area contributed by atoms with Gasteiger partial charge in [0, 0.05) is 17.8 Å². The maximum Gasteiger partial charge on any atom is 0.275 e. The Bertz CT molecular complexity index is 678. The summed E-state index contributed by atoms with van der Waals surface area (Å²) in [6.07, 6.45) is 2.07. The van der Waals surface area contributed by atoms with E-state index >= 15 is 0 Å². The topological polar surface area (TPSA) is 38.5 Å². The zero-order chi connectivity index (χ0) is 16.4. The van der Waals surface area contributed by atoms with E-state index in [1.54, 1.807) is 0 Å². The number of halogens is 1. The number of nitrogens with one attached hydrogen (secondary N) is 2. The molecule has 1 aliphatic heterocycles. The number of hydrogen-bond donors (Lipinski definition) is 2.